The Morgan fingerprint density at radius 2 is 0.778 bits per heavy atom. The van der Waals surface area contributed by atoms with Gasteiger partial charge in [0.05, 0.1) is 11.4 Å². The van der Waals surface area contributed by atoms with Crippen molar-refractivity contribution in [3.05, 3.63) is 157 Å². The van der Waals surface area contributed by atoms with Crippen molar-refractivity contribution >= 4 is 48.1 Å². The van der Waals surface area contributed by atoms with Crippen LogP contribution in [-0.4, -0.2) is 11.4 Å². The normalized spacial score (nSPS) is 11.6. The van der Waals surface area contributed by atoms with E-state index in [9.17, 15) is 0 Å². The van der Waals surface area contributed by atoms with E-state index in [1.54, 1.807) is 0 Å². The van der Waals surface area contributed by atoms with Crippen LogP contribution in [0.5, 0.6) is 0 Å². The molecule has 0 fully saturated rings. The molecule has 0 spiro atoms. The molecule has 6 aromatic carbocycles. The van der Waals surface area contributed by atoms with E-state index >= 15 is 0 Å². The molecule has 2 nitrogen and oxygen atoms in total. The number of nitrogens with zero attached hydrogens (tertiary/aromatic N) is 2. The molecular weight excluding hydrogens is 638 g/mol. The van der Waals surface area contributed by atoms with Gasteiger partial charge in [0.25, 0.3) is 0 Å². The predicted molar refractivity (Wildman–Crippen MR) is 191 cm³/mol. The Morgan fingerprint density at radius 1 is 0.422 bits per heavy atom. The summed E-state index contributed by atoms with van der Waals surface area (Å²) in [4.78, 5) is 11.8. The van der Waals surface area contributed by atoms with Gasteiger partial charge in [-0.3, -0.25) is 9.98 Å². The summed E-state index contributed by atoms with van der Waals surface area (Å²) < 4.78 is 0. The second kappa shape index (κ2) is 14.7. The Labute approximate surface area is 289 Å². The fraction of sp³-hybridized carbons (Fsp3) is 0.0500. The van der Waals surface area contributed by atoms with Crippen LogP contribution in [0.3, 0.4) is 0 Å². The maximum absolute atomic E-state index is 5.74. The monoisotopic (exact) mass is 666 g/mol. The van der Waals surface area contributed by atoms with Crippen LogP contribution < -0.4 is 0 Å². The first-order valence-corrected chi connectivity index (χ1v) is 15.3. The number of para-hydroxylation sites is 2. The number of aliphatic imine (C=N–C) groups is 2. The molecule has 0 saturated heterocycles. The number of benzene rings is 6. The minimum atomic E-state index is 0. The van der Waals surface area contributed by atoms with Gasteiger partial charge >= 0.3 is 19.5 Å². The quantitative estimate of drug-likeness (QED) is 0.0961. The van der Waals surface area contributed by atoms with Gasteiger partial charge in [-0.1, -0.05) is 121 Å². The topological polar surface area (TPSA) is 24.7 Å². The Morgan fingerprint density at radius 3 is 1.18 bits per heavy atom. The molecule has 0 aliphatic rings. The largest absolute Gasteiger partial charge is 2.00 e. The molecule has 6 aromatic rings. The summed E-state index contributed by atoms with van der Waals surface area (Å²) in [5.74, 6) is 0. The Bertz CT molecular complexity index is 1850. The molecule has 0 aliphatic carbocycles. The SMILES string of the molecule is CC(=Nc1ccccc1-c1ccccc1N=C(C)c1cc(-c2ccccc2)ccc1[S-])c1cc(-c2ccccc2)ccc1[S-].[Zn+2]. The Hall–Kier alpha value is -4.28. The van der Waals surface area contributed by atoms with Crippen molar-refractivity contribution in [1.82, 2.24) is 0 Å². The third-order valence-electron chi connectivity index (χ3n) is 7.63. The van der Waals surface area contributed by atoms with Crippen LogP contribution in [0.25, 0.3) is 33.4 Å². The summed E-state index contributed by atoms with van der Waals surface area (Å²) in [6, 6.07) is 49.4. The van der Waals surface area contributed by atoms with Crippen LogP contribution in [0, 0.1) is 0 Å². The molecule has 45 heavy (non-hydrogen) atoms. The minimum Gasteiger partial charge on any atom is -0.779 e. The van der Waals surface area contributed by atoms with Crippen molar-refractivity contribution < 1.29 is 19.5 Å². The molecule has 0 heterocycles. The Kier molecular flexibility index (Phi) is 10.5. The van der Waals surface area contributed by atoms with Crippen LogP contribution in [0.2, 0.25) is 0 Å². The molecule has 0 aliphatic heterocycles. The first-order valence-electron chi connectivity index (χ1n) is 14.5. The fourth-order valence-corrected chi connectivity index (χ4v) is 5.87. The molecule has 214 valence electrons. The average Bonchev–Trinajstić information content (AvgIpc) is 3.06. The van der Waals surface area contributed by atoms with E-state index in [1.807, 2.05) is 98.8 Å². The van der Waals surface area contributed by atoms with Crippen LogP contribution in [0.1, 0.15) is 25.0 Å². The number of rotatable bonds is 7. The van der Waals surface area contributed by atoms with Gasteiger partial charge in [-0.15, -0.1) is 0 Å². The van der Waals surface area contributed by atoms with Crippen molar-refractivity contribution in [2.75, 3.05) is 0 Å². The van der Waals surface area contributed by atoms with Crippen molar-refractivity contribution in [1.29, 1.82) is 0 Å². The summed E-state index contributed by atoms with van der Waals surface area (Å²) in [7, 11) is 0. The molecule has 0 saturated carbocycles. The van der Waals surface area contributed by atoms with E-state index in [0.29, 0.717) is 0 Å². The zero-order chi connectivity index (χ0) is 30.5. The van der Waals surface area contributed by atoms with Crippen molar-refractivity contribution in [3.8, 4) is 33.4 Å². The summed E-state index contributed by atoms with van der Waals surface area (Å²) >= 11 is 11.5. The smallest absolute Gasteiger partial charge is 0.779 e. The van der Waals surface area contributed by atoms with E-state index in [2.05, 4.69) is 60.7 Å². The summed E-state index contributed by atoms with van der Waals surface area (Å²) in [6.45, 7) is 4.05. The maximum atomic E-state index is 5.74. The van der Waals surface area contributed by atoms with E-state index in [4.69, 9.17) is 35.2 Å². The fourth-order valence-electron chi connectivity index (χ4n) is 5.33. The van der Waals surface area contributed by atoms with Crippen LogP contribution in [0.4, 0.5) is 11.4 Å². The van der Waals surface area contributed by atoms with Gasteiger partial charge in [0, 0.05) is 22.6 Å². The van der Waals surface area contributed by atoms with Crippen LogP contribution in [0.15, 0.2) is 165 Å². The summed E-state index contributed by atoms with van der Waals surface area (Å²) in [6.07, 6.45) is 0. The molecule has 6 rings (SSSR count). The van der Waals surface area contributed by atoms with Gasteiger partial charge < -0.3 is 25.3 Å². The van der Waals surface area contributed by atoms with Gasteiger partial charge in [0.1, 0.15) is 0 Å². The van der Waals surface area contributed by atoms with E-state index in [1.165, 1.54) is 0 Å². The molecule has 0 aromatic heterocycles. The van der Waals surface area contributed by atoms with Crippen molar-refractivity contribution in [2.24, 2.45) is 9.98 Å². The predicted octanol–water partition coefficient (Wildman–Crippen LogP) is 10.8. The van der Waals surface area contributed by atoms with E-state index in [-0.39, 0.29) is 19.5 Å². The third-order valence-corrected chi connectivity index (χ3v) is 8.34. The van der Waals surface area contributed by atoms with Gasteiger partial charge in [-0.25, -0.2) is 0 Å². The zero-order valence-corrected chi connectivity index (χ0v) is 29.9. The van der Waals surface area contributed by atoms with E-state index < -0.39 is 0 Å². The summed E-state index contributed by atoms with van der Waals surface area (Å²) in [5.41, 5.74) is 11.9. The zero-order valence-electron chi connectivity index (χ0n) is 25.3. The number of hydrogen-bond donors (Lipinski definition) is 0. The average molecular weight is 668 g/mol. The number of hydrogen-bond acceptors (Lipinski definition) is 4. The molecule has 0 amide bonds. The van der Waals surface area contributed by atoms with Crippen LogP contribution >= 0.6 is 0 Å². The summed E-state index contributed by atoms with van der Waals surface area (Å²) in [5, 5.41) is 0. The van der Waals surface area contributed by atoms with Gasteiger partial charge in [-0.2, -0.15) is 9.79 Å². The molecule has 5 heteroatoms. The van der Waals surface area contributed by atoms with Gasteiger partial charge in [-0.05, 0) is 71.5 Å². The van der Waals surface area contributed by atoms with Crippen molar-refractivity contribution in [2.45, 2.75) is 23.6 Å². The molecular formula is C40H30N2S2Zn. The maximum Gasteiger partial charge on any atom is 2.00 e. The van der Waals surface area contributed by atoms with Gasteiger partial charge in [0.2, 0.25) is 0 Å². The first-order chi connectivity index (χ1) is 21.5. The first kappa shape index (κ1) is 32.1. The molecule has 0 bridgehead atoms. The van der Waals surface area contributed by atoms with Crippen LogP contribution in [-0.2, 0) is 44.7 Å². The molecule has 0 N–H and O–H groups in total. The van der Waals surface area contributed by atoms with Gasteiger partial charge in [0.15, 0.2) is 0 Å². The molecule has 0 radical (unpaired) electrons. The van der Waals surface area contributed by atoms with E-state index in [0.717, 1.165) is 77.1 Å². The third kappa shape index (κ3) is 7.35. The Balaban J connectivity index is 0.00000400. The molecule has 0 atom stereocenters. The second-order valence-corrected chi connectivity index (χ2v) is 11.5. The molecule has 0 unspecified atom stereocenters. The minimum absolute atomic E-state index is 0. The standard InChI is InChI=1S/C40H32N2S2.Zn/c1-27(35-25-31(21-23-39(35)43)29-13-5-3-6-14-29)41-37-19-11-9-17-33(37)34-18-10-12-20-38(34)42-28(2)36-26-32(22-24-40(36)44)30-15-7-4-8-16-30;/h3-26,43-44H,1-2H3;/q;+2/p-2. The van der Waals surface area contributed by atoms with Crippen molar-refractivity contribution in [3.63, 3.8) is 0 Å². The second-order valence-electron chi connectivity index (χ2n) is 10.6.